The summed E-state index contributed by atoms with van der Waals surface area (Å²) in [5.41, 5.74) is 1.66. The van der Waals surface area contributed by atoms with Crippen LogP contribution in [0.2, 0.25) is 5.15 Å². The van der Waals surface area contributed by atoms with E-state index < -0.39 is 5.97 Å². The van der Waals surface area contributed by atoms with Gasteiger partial charge >= 0.3 is 5.97 Å². The van der Waals surface area contributed by atoms with Crippen LogP contribution in [0.1, 0.15) is 10.4 Å². The van der Waals surface area contributed by atoms with Gasteiger partial charge in [0.25, 0.3) is 0 Å². The number of halogens is 1. The number of nitrogens with zero attached hydrogens (tertiary/aromatic N) is 3. The molecule has 5 nitrogen and oxygen atoms in total. The zero-order chi connectivity index (χ0) is 11.5. The lowest BCUT2D eigenvalue weighted by Crippen LogP contribution is -2.00. The molecule has 0 fully saturated rings. The van der Waals surface area contributed by atoms with Crippen LogP contribution in [0.25, 0.3) is 0 Å². The molecule has 0 aliphatic carbocycles. The Morgan fingerprint density at radius 1 is 1.50 bits per heavy atom. The summed E-state index contributed by atoms with van der Waals surface area (Å²) in [4.78, 5) is 14.9. The van der Waals surface area contributed by atoms with Crippen molar-refractivity contribution in [1.29, 1.82) is 0 Å². The molecule has 0 spiro atoms. The smallest absolute Gasteiger partial charge is 0.338 e. The van der Waals surface area contributed by atoms with Crippen molar-refractivity contribution < 1.29 is 9.90 Å². The molecule has 0 atom stereocenters. The average molecular weight is 274 g/mol. The molecule has 0 saturated carbocycles. The van der Waals surface area contributed by atoms with E-state index in [2.05, 4.69) is 15.2 Å². The molecule has 2 rings (SSSR count). The fourth-order valence-electron chi connectivity index (χ4n) is 0.949. The first-order valence-electron chi connectivity index (χ1n) is 4.00. The van der Waals surface area contributed by atoms with E-state index in [4.69, 9.17) is 16.7 Å². The van der Waals surface area contributed by atoms with Crippen LogP contribution >= 0.6 is 34.7 Å². The molecule has 1 N–H and O–H groups in total. The van der Waals surface area contributed by atoms with Gasteiger partial charge in [0.1, 0.15) is 15.7 Å². The number of carboxylic acids is 1. The number of hydrogen-bond acceptors (Lipinski definition) is 6. The summed E-state index contributed by atoms with van der Waals surface area (Å²) < 4.78 is 0.622. The first-order chi connectivity index (χ1) is 7.66. The quantitative estimate of drug-likeness (QED) is 0.866. The second-order valence-corrected chi connectivity index (χ2v) is 5.05. The highest BCUT2D eigenvalue weighted by atomic mass is 35.5. The van der Waals surface area contributed by atoms with Gasteiger partial charge in [-0.2, -0.15) is 0 Å². The SMILES string of the molecule is O=C(O)c1ccc(Cl)nc1Sc1nncs1. The third kappa shape index (κ3) is 2.49. The first kappa shape index (κ1) is 11.3. The minimum atomic E-state index is -1.05. The molecule has 2 aromatic rings. The van der Waals surface area contributed by atoms with Gasteiger partial charge in [0.05, 0.1) is 5.56 Å². The molecule has 82 valence electrons. The fraction of sp³-hybridized carbons (Fsp3) is 0. The van der Waals surface area contributed by atoms with Gasteiger partial charge in [-0.1, -0.05) is 22.9 Å². The number of aromatic carboxylic acids is 1. The van der Waals surface area contributed by atoms with E-state index in [0.29, 0.717) is 9.37 Å². The maximum absolute atomic E-state index is 10.9. The van der Waals surface area contributed by atoms with Crippen LogP contribution in [0.4, 0.5) is 0 Å². The number of pyridine rings is 1. The normalized spacial score (nSPS) is 10.3. The number of carbonyl (C=O) groups is 1. The van der Waals surface area contributed by atoms with Crippen molar-refractivity contribution in [3.8, 4) is 0 Å². The van der Waals surface area contributed by atoms with Gasteiger partial charge in [0, 0.05) is 0 Å². The van der Waals surface area contributed by atoms with Crippen LogP contribution < -0.4 is 0 Å². The van der Waals surface area contributed by atoms with Crippen LogP contribution in [-0.2, 0) is 0 Å². The summed E-state index contributed by atoms with van der Waals surface area (Å²) >= 11 is 8.15. The molecule has 2 heterocycles. The predicted octanol–water partition coefficient (Wildman–Crippen LogP) is 2.44. The molecule has 8 heteroatoms. The lowest BCUT2D eigenvalue weighted by molar-refractivity contribution is 0.0692. The van der Waals surface area contributed by atoms with Gasteiger partial charge in [-0.25, -0.2) is 9.78 Å². The maximum Gasteiger partial charge on any atom is 0.338 e. The molecule has 0 bridgehead atoms. The van der Waals surface area contributed by atoms with Crippen molar-refractivity contribution in [2.75, 3.05) is 0 Å². The molecule has 0 saturated heterocycles. The van der Waals surface area contributed by atoms with Crippen molar-refractivity contribution in [3.63, 3.8) is 0 Å². The first-order valence-corrected chi connectivity index (χ1v) is 6.08. The zero-order valence-corrected chi connectivity index (χ0v) is 10.0. The molecular weight excluding hydrogens is 270 g/mol. The summed E-state index contributed by atoms with van der Waals surface area (Å²) in [6.07, 6.45) is 0. The van der Waals surface area contributed by atoms with E-state index in [1.807, 2.05) is 0 Å². The third-order valence-corrected chi connectivity index (χ3v) is 3.57. The number of hydrogen-bond donors (Lipinski definition) is 1. The third-order valence-electron chi connectivity index (χ3n) is 1.58. The largest absolute Gasteiger partial charge is 0.478 e. The maximum atomic E-state index is 10.9. The highest BCUT2D eigenvalue weighted by molar-refractivity contribution is 8.01. The van der Waals surface area contributed by atoms with Crippen LogP contribution in [0.15, 0.2) is 27.0 Å². The Morgan fingerprint density at radius 3 is 2.94 bits per heavy atom. The topological polar surface area (TPSA) is 76.0 Å². The molecule has 0 aromatic carbocycles. The van der Waals surface area contributed by atoms with Crippen molar-refractivity contribution >= 4 is 40.7 Å². The van der Waals surface area contributed by atoms with Gasteiger partial charge in [0.15, 0.2) is 4.34 Å². The number of carboxylic acid groups (broad SMARTS) is 1. The molecule has 2 aromatic heterocycles. The van der Waals surface area contributed by atoms with Crippen molar-refractivity contribution in [2.45, 2.75) is 9.37 Å². The summed E-state index contributed by atoms with van der Waals surface area (Å²) in [7, 11) is 0. The molecule has 0 aliphatic rings. The van der Waals surface area contributed by atoms with Crippen LogP contribution in [0.5, 0.6) is 0 Å². The highest BCUT2D eigenvalue weighted by Gasteiger charge is 2.14. The van der Waals surface area contributed by atoms with Crippen molar-refractivity contribution in [2.24, 2.45) is 0 Å². The van der Waals surface area contributed by atoms with Gasteiger partial charge in [0.2, 0.25) is 0 Å². The molecule has 0 amide bonds. The van der Waals surface area contributed by atoms with Gasteiger partial charge in [-0.15, -0.1) is 10.2 Å². The Morgan fingerprint density at radius 2 is 2.31 bits per heavy atom. The van der Waals surface area contributed by atoms with E-state index in [-0.39, 0.29) is 10.7 Å². The number of aromatic nitrogens is 3. The van der Waals surface area contributed by atoms with E-state index >= 15 is 0 Å². The van der Waals surface area contributed by atoms with Crippen molar-refractivity contribution in [1.82, 2.24) is 15.2 Å². The second-order valence-electron chi connectivity index (χ2n) is 2.60. The van der Waals surface area contributed by atoms with E-state index in [9.17, 15) is 4.79 Å². The molecule has 16 heavy (non-hydrogen) atoms. The van der Waals surface area contributed by atoms with E-state index in [0.717, 1.165) is 11.8 Å². The van der Waals surface area contributed by atoms with Crippen LogP contribution in [-0.4, -0.2) is 26.3 Å². The van der Waals surface area contributed by atoms with E-state index in [1.165, 1.54) is 23.5 Å². The summed E-state index contributed by atoms with van der Waals surface area (Å²) in [6, 6.07) is 2.86. The van der Waals surface area contributed by atoms with Crippen LogP contribution in [0, 0.1) is 0 Å². The molecule has 0 unspecified atom stereocenters. The predicted molar refractivity (Wildman–Crippen MR) is 60.2 cm³/mol. The Kier molecular flexibility index (Phi) is 3.37. The Balaban J connectivity index is 2.38. The Bertz CT molecular complexity index is 518. The van der Waals surface area contributed by atoms with Crippen molar-refractivity contribution in [3.05, 3.63) is 28.4 Å². The summed E-state index contributed by atoms with van der Waals surface area (Å²) in [6.45, 7) is 0. The molecule has 0 radical (unpaired) electrons. The Labute approximate surface area is 104 Å². The highest BCUT2D eigenvalue weighted by Crippen LogP contribution is 2.30. The second kappa shape index (κ2) is 4.77. The lowest BCUT2D eigenvalue weighted by atomic mass is 10.3. The monoisotopic (exact) mass is 273 g/mol. The average Bonchev–Trinajstić information content (AvgIpc) is 2.70. The molecule has 0 aliphatic heterocycles. The zero-order valence-electron chi connectivity index (χ0n) is 7.62. The summed E-state index contributed by atoms with van der Waals surface area (Å²) in [5, 5.41) is 17.0. The Hall–Kier alpha value is -1.18. The minimum Gasteiger partial charge on any atom is -0.478 e. The van der Waals surface area contributed by atoms with Gasteiger partial charge in [-0.3, -0.25) is 0 Å². The van der Waals surface area contributed by atoms with Gasteiger partial charge < -0.3 is 5.11 Å². The minimum absolute atomic E-state index is 0.101. The molecular formula is C8H4ClN3O2S2. The standard InChI is InChI=1S/C8H4ClN3O2S2/c9-5-2-1-4(7(13)14)6(11-5)16-8-12-10-3-15-8/h1-3H,(H,13,14). The van der Waals surface area contributed by atoms with Gasteiger partial charge in [-0.05, 0) is 23.9 Å². The lowest BCUT2D eigenvalue weighted by Gasteiger charge is -2.02. The number of rotatable bonds is 3. The van der Waals surface area contributed by atoms with Crippen LogP contribution in [0.3, 0.4) is 0 Å². The summed E-state index contributed by atoms with van der Waals surface area (Å²) in [5.74, 6) is -1.05. The van der Waals surface area contributed by atoms with E-state index in [1.54, 1.807) is 5.51 Å². The fourth-order valence-corrected chi connectivity index (χ4v) is 2.65.